The fraction of sp³-hybridized carbons (Fsp3) is 0.312. The van der Waals surface area contributed by atoms with Crippen molar-refractivity contribution in [3.05, 3.63) is 50.6 Å². The number of rotatable bonds is 4. The molecule has 3 nitrogen and oxygen atoms in total. The smallest absolute Gasteiger partial charge is 0.0738 e. The Labute approximate surface area is 137 Å². The Balaban J connectivity index is 2.10. The molecule has 0 saturated heterocycles. The maximum Gasteiger partial charge on any atom is 0.0738 e. The van der Waals surface area contributed by atoms with Gasteiger partial charge in [-0.1, -0.05) is 18.2 Å². The highest BCUT2D eigenvalue weighted by molar-refractivity contribution is 9.10. The zero-order valence-electron chi connectivity index (χ0n) is 12.4. The molecule has 0 saturated carbocycles. The Kier molecular flexibility index (Phi) is 4.15. The molecule has 5 heteroatoms. The lowest BCUT2D eigenvalue weighted by Crippen LogP contribution is -2.09. The lowest BCUT2D eigenvalue weighted by molar-refractivity contribution is 0.656. The van der Waals surface area contributed by atoms with Crippen molar-refractivity contribution in [2.24, 2.45) is 0 Å². The van der Waals surface area contributed by atoms with Gasteiger partial charge in [0.25, 0.3) is 0 Å². The van der Waals surface area contributed by atoms with Crippen molar-refractivity contribution in [1.29, 1.82) is 0 Å². The third kappa shape index (κ3) is 2.65. The van der Waals surface area contributed by atoms with Gasteiger partial charge in [-0.15, -0.1) is 11.3 Å². The standard InChI is InChI=1S/C16H18BrN3S/c1-10-16(17)11(2)20(19-10)9-13-12-6-4-5-7-14(12)21-15(13)8-18-3/h4-7,18H,8-9H2,1-3H3. The van der Waals surface area contributed by atoms with Crippen LogP contribution in [-0.2, 0) is 13.1 Å². The fourth-order valence-electron chi connectivity index (χ4n) is 2.60. The molecule has 0 aliphatic rings. The molecule has 2 heterocycles. The second kappa shape index (κ2) is 5.91. The summed E-state index contributed by atoms with van der Waals surface area (Å²) in [6.07, 6.45) is 0. The average Bonchev–Trinajstić information content (AvgIpc) is 2.94. The molecule has 0 aliphatic carbocycles. The molecule has 0 radical (unpaired) electrons. The van der Waals surface area contributed by atoms with E-state index < -0.39 is 0 Å². The van der Waals surface area contributed by atoms with E-state index in [0.717, 1.165) is 23.3 Å². The van der Waals surface area contributed by atoms with Crippen LogP contribution in [0.2, 0.25) is 0 Å². The van der Waals surface area contributed by atoms with Crippen LogP contribution in [0.1, 0.15) is 21.8 Å². The van der Waals surface area contributed by atoms with E-state index >= 15 is 0 Å². The van der Waals surface area contributed by atoms with Crippen LogP contribution in [0.5, 0.6) is 0 Å². The number of hydrogen-bond acceptors (Lipinski definition) is 3. The lowest BCUT2D eigenvalue weighted by atomic mass is 10.1. The Bertz CT molecular complexity index is 788. The molecule has 3 aromatic rings. The number of benzene rings is 1. The van der Waals surface area contributed by atoms with Gasteiger partial charge in [-0.2, -0.15) is 5.10 Å². The Morgan fingerprint density at radius 1 is 1.29 bits per heavy atom. The van der Waals surface area contributed by atoms with Crippen molar-refractivity contribution in [1.82, 2.24) is 15.1 Å². The van der Waals surface area contributed by atoms with Crippen LogP contribution in [0.15, 0.2) is 28.7 Å². The molecule has 1 aromatic carbocycles. The summed E-state index contributed by atoms with van der Waals surface area (Å²) in [5.41, 5.74) is 3.60. The summed E-state index contributed by atoms with van der Waals surface area (Å²) in [7, 11) is 1.99. The minimum atomic E-state index is 0.819. The number of thiophene rings is 1. The number of aromatic nitrogens is 2. The van der Waals surface area contributed by atoms with Crippen molar-refractivity contribution >= 4 is 37.4 Å². The molecule has 0 spiro atoms. The fourth-order valence-corrected chi connectivity index (χ4v) is 4.12. The van der Waals surface area contributed by atoms with Gasteiger partial charge in [0.05, 0.1) is 22.4 Å². The van der Waals surface area contributed by atoms with E-state index in [4.69, 9.17) is 0 Å². The van der Waals surface area contributed by atoms with Crippen molar-refractivity contribution in [2.75, 3.05) is 7.05 Å². The van der Waals surface area contributed by atoms with E-state index in [1.54, 1.807) is 0 Å². The summed E-state index contributed by atoms with van der Waals surface area (Å²) in [4.78, 5) is 1.39. The number of nitrogens with zero attached hydrogens (tertiary/aromatic N) is 2. The van der Waals surface area contributed by atoms with Gasteiger partial charge < -0.3 is 5.32 Å². The maximum absolute atomic E-state index is 4.65. The normalized spacial score (nSPS) is 11.4. The van der Waals surface area contributed by atoms with Crippen molar-refractivity contribution in [3.8, 4) is 0 Å². The van der Waals surface area contributed by atoms with Crippen LogP contribution >= 0.6 is 27.3 Å². The van der Waals surface area contributed by atoms with Crippen LogP contribution in [0.4, 0.5) is 0 Å². The summed E-state index contributed by atoms with van der Waals surface area (Å²) >= 11 is 5.48. The number of fused-ring (bicyclic) bond motifs is 1. The first-order chi connectivity index (χ1) is 10.1. The first kappa shape index (κ1) is 14.8. The Morgan fingerprint density at radius 2 is 2.05 bits per heavy atom. The number of aryl methyl sites for hydroxylation is 1. The zero-order valence-corrected chi connectivity index (χ0v) is 14.8. The minimum Gasteiger partial charge on any atom is -0.315 e. The Morgan fingerprint density at radius 3 is 2.71 bits per heavy atom. The summed E-state index contributed by atoms with van der Waals surface area (Å²) in [6.45, 7) is 5.86. The van der Waals surface area contributed by atoms with E-state index in [2.05, 4.69) is 62.2 Å². The van der Waals surface area contributed by atoms with Crippen molar-refractivity contribution in [3.63, 3.8) is 0 Å². The van der Waals surface area contributed by atoms with E-state index in [1.807, 2.05) is 25.3 Å². The van der Waals surface area contributed by atoms with E-state index in [9.17, 15) is 0 Å². The van der Waals surface area contributed by atoms with E-state index in [0.29, 0.717) is 0 Å². The van der Waals surface area contributed by atoms with Crippen LogP contribution in [0.25, 0.3) is 10.1 Å². The molecule has 110 valence electrons. The SMILES string of the molecule is CNCc1sc2ccccc2c1Cn1nc(C)c(Br)c1C. The second-order valence-corrected chi connectivity index (χ2v) is 7.10. The molecule has 2 aromatic heterocycles. The molecule has 3 rings (SSSR count). The predicted octanol–water partition coefficient (Wildman–Crippen LogP) is 4.24. The molecule has 0 bridgehead atoms. The van der Waals surface area contributed by atoms with Crippen LogP contribution in [0.3, 0.4) is 0 Å². The number of nitrogens with one attached hydrogen (secondary N) is 1. The lowest BCUT2D eigenvalue weighted by Gasteiger charge is -2.07. The molecular weight excluding hydrogens is 346 g/mol. The highest BCUT2D eigenvalue weighted by atomic mass is 79.9. The highest BCUT2D eigenvalue weighted by Gasteiger charge is 2.15. The largest absolute Gasteiger partial charge is 0.315 e. The molecule has 0 unspecified atom stereocenters. The van der Waals surface area contributed by atoms with Crippen molar-refractivity contribution < 1.29 is 0 Å². The number of halogens is 1. The second-order valence-electron chi connectivity index (χ2n) is 5.17. The topological polar surface area (TPSA) is 29.9 Å². The maximum atomic E-state index is 4.65. The minimum absolute atomic E-state index is 0.819. The van der Waals surface area contributed by atoms with E-state index in [-0.39, 0.29) is 0 Å². The quantitative estimate of drug-likeness (QED) is 0.750. The predicted molar refractivity (Wildman–Crippen MR) is 93.1 cm³/mol. The summed E-state index contributed by atoms with van der Waals surface area (Å²) in [5, 5.41) is 9.26. The average molecular weight is 364 g/mol. The highest BCUT2D eigenvalue weighted by Crippen LogP contribution is 2.32. The van der Waals surface area contributed by atoms with E-state index in [1.165, 1.54) is 26.2 Å². The van der Waals surface area contributed by atoms with Gasteiger partial charge in [0.2, 0.25) is 0 Å². The molecular formula is C16H18BrN3S. The first-order valence-corrected chi connectivity index (χ1v) is 8.56. The third-order valence-electron chi connectivity index (χ3n) is 3.72. The van der Waals surface area contributed by atoms with Gasteiger partial charge in [-0.05, 0) is 53.8 Å². The molecule has 21 heavy (non-hydrogen) atoms. The van der Waals surface area contributed by atoms with Gasteiger partial charge in [-0.3, -0.25) is 4.68 Å². The molecule has 1 N–H and O–H groups in total. The number of hydrogen-bond donors (Lipinski definition) is 1. The molecule has 0 fully saturated rings. The summed E-state index contributed by atoms with van der Waals surface area (Å²) < 4.78 is 4.54. The molecule has 0 amide bonds. The van der Waals surface area contributed by atoms with Crippen LogP contribution in [0, 0.1) is 13.8 Å². The monoisotopic (exact) mass is 363 g/mol. The third-order valence-corrected chi connectivity index (χ3v) is 6.08. The van der Waals surface area contributed by atoms with Gasteiger partial charge in [0.15, 0.2) is 0 Å². The van der Waals surface area contributed by atoms with Gasteiger partial charge >= 0.3 is 0 Å². The van der Waals surface area contributed by atoms with Crippen molar-refractivity contribution in [2.45, 2.75) is 26.9 Å². The van der Waals surface area contributed by atoms with Crippen LogP contribution in [-0.4, -0.2) is 16.8 Å². The molecule has 0 aliphatic heterocycles. The Hall–Kier alpha value is -1.17. The summed E-state index contributed by atoms with van der Waals surface area (Å²) in [5.74, 6) is 0. The van der Waals surface area contributed by atoms with Crippen LogP contribution < -0.4 is 5.32 Å². The van der Waals surface area contributed by atoms with Gasteiger partial charge in [0, 0.05) is 16.1 Å². The molecule has 0 atom stereocenters. The summed E-state index contributed by atoms with van der Waals surface area (Å²) in [6, 6.07) is 8.62. The first-order valence-electron chi connectivity index (χ1n) is 6.95. The van der Waals surface area contributed by atoms with Gasteiger partial charge in [-0.25, -0.2) is 0 Å². The van der Waals surface area contributed by atoms with Gasteiger partial charge in [0.1, 0.15) is 0 Å². The zero-order chi connectivity index (χ0) is 15.0.